The number of likely N-dealkylation sites (tertiary alicyclic amines) is 1. The normalized spacial score (nSPS) is 23.0. The van der Waals surface area contributed by atoms with E-state index in [1.165, 1.54) is 0 Å². The summed E-state index contributed by atoms with van der Waals surface area (Å²) in [5.74, 6) is 0.496. The first-order valence-corrected chi connectivity index (χ1v) is 9.58. The van der Waals surface area contributed by atoms with E-state index in [0.29, 0.717) is 5.92 Å². The van der Waals surface area contributed by atoms with Gasteiger partial charge in [-0.15, -0.1) is 0 Å². The summed E-state index contributed by atoms with van der Waals surface area (Å²) in [5, 5.41) is 0. The SMILES string of the molecule is CCC[C@@H]1CN(Cc2cnc(C)cn2)C[C@H]1NS(=O)(=O)CC. The van der Waals surface area contributed by atoms with Crippen LogP contribution in [0.1, 0.15) is 38.1 Å². The number of nitrogens with zero attached hydrogens (tertiary/aromatic N) is 3. The van der Waals surface area contributed by atoms with Crippen molar-refractivity contribution in [2.45, 2.75) is 46.2 Å². The quantitative estimate of drug-likeness (QED) is 0.818. The number of aryl methyl sites for hydroxylation is 1. The molecule has 0 bridgehead atoms. The fraction of sp³-hybridized carbons (Fsp3) is 0.733. The van der Waals surface area contributed by atoms with Crippen molar-refractivity contribution in [1.82, 2.24) is 19.6 Å². The molecular formula is C15H26N4O2S. The Kier molecular flexibility index (Phi) is 5.88. The molecule has 1 aromatic heterocycles. The van der Waals surface area contributed by atoms with Crippen molar-refractivity contribution in [2.24, 2.45) is 5.92 Å². The second-order valence-electron chi connectivity index (χ2n) is 6.02. The summed E-state index contributed by atoms with van der Waals surface area (Å²) in [5.41, 5.74) is 1.84. The van der Waals surface area contributed by atoms with Crippen molar-refractivity contribution in [3.8, 4) is 0 Å². The van der Waals surface area contributed by atoms with Crippen LogP contribution in [0.2, 0.25) is 0 Å². The summed E-state index contributed by atoms with van der Waals surface area (Å²) in [7, 11) is -3.16. The zero-order chi connectivity index (χ0) is 16.2. The predicted octanol–water partition coefficient (Wildman–Crippen LogP) is 1.32. The van der Waals surface area contributed by atoms with Crippen molar-refractivity contribution in [2.75, 3.05) is 18.8 Å². The molecule has 2 heterocycles. The molecule has 1 N–H and O–H groups in total. The number of nitrogens with one attached hydrogen (secondary N) is 1. The second-order valence-corrected chi connectivity index (χ2v) is 8.06. The molecule has 1 saturated heterocycles. The predicted molar refractivity (Wildman–Crippen MR) is 86.8 cm³/mol. The van der Waals surface area contributed by atoms with E-state index in [1.807, 2.05) is 6.92 Å². The van der Waals surface area contributed by atoms with Crippen LogP contribution in [0.15, 0.2) is 12.4 Å². The lowest BCUT2D eigenvalue weighted by Gasteiger charge is -2.18. The Morgan fingerprint density at radius 2 is 2.05 bits per heavy atom. The molecule has 0 spiro atoms. The number of aromatic nitrogens is 2. The van der Waals surface area contributed by atoms with Crippen LogP contribution in [-0.4, -0.2) is 48.2 Å². The minimum atomic E-state index is -3.16. The molecule has 0 amide bonds. The van der Waals surface area contributed by atoms with Crippen molar-refractivity contribution < 1.29 is 8.42 Å². The van der Waals surface area contributed by atoms with E-state index in [-0.39, 0.29) is 11.8 Å². The van der Waals surface area contributed by atoms with Gasteiger partial charge < -0.3 is 0 Å². The van der Waals surface area contributed by atoms with Crippen LogP contribution < -0.4 is 4.72 Å². The number of hydrogen-bond acceptors (Lipinski definition) is 5. The molecule has 6 nitrogen and oxygen atoms in total. The van der Waals surface area contributed by atoms with Crippen LogP contribution in [0.4, 0.5) is 0 Å². The van der Waals surface area contributed by atoms with Gasteiger partial charge in [-0.25, -0.2) is 13.1 Å². The smallest absolute Gasteiger partial charge is 0.211 e. The van der Waals surface area contributed by atoms with E-state index < -0.39 is 10.0 Å². The van der Waals surface area contributed by atoms with Crippen LogP contribution in [0.3, 0.4) is 0 Å². The molecule has 1 fully saturated rings. The Morgan fingerprint density at radius 3 is 2.64 bits per heavy atom. The highest BCUT2D eigenvalue weighted by Crippen LogP contribution is 2.23. The minimum absolute atomic E-state index is 0.00306. The standard InChI is InChI=1S/C15H26N4O2S/c1-4-6-13-9-19(10-14-8-16-12(3)7-17-14)11-15(13)18-22(20,21)5-2/h7-8,13,15,18H,4-6,9-11H2,1-3H3/t13-,15-/m1/s1. The summed E-state index contributed by atoms with van der Waals surface area (Å²) in [6.07, 6.45) is 5.67. The van der Waals surface area contributed by atoms with Crippen molar-refractivity contribution in [3.63, 3.8) is 0 Å². The van der Waals surface area contributed by atoms with Gasteiger partial charge in [0, 0.05) is 38.1 Å². The van der Waals surface area contributed by atoms with Gasteiger partial charge in [0.1, 0.15) is 0 Å². The molecule has 0 saturated carbocycles. The number of sulfonamides is 1. The maximum absolute atomic E-state index is 11.9. The Labute approximate surface area is 133 Å². The van der Waals surface area contributed by atoms with Crippen LogP contribution >= 0.6 is 0 Å². The van der Waals surface area contributed by atoms with Crippen LogP contribution in [-0.2, 0) is 16.6 Å². The Bertz CT molecular complexity index is 574. The minimum Gasteiger partial charge on any atom is -0.296 e. The molecule has 1 aliphatic heterocycles. The van der Waals surface area contributed by atoms with E-state index in [2.05, 4.69) is 26.5 Å². The summed E-state index contributed by atoms with van der Waals surface area (Å²) < 4.78 is 26.6. The molecule has 0 radical (unpaired) electrons. The molecular weight excluding hydrogens is 300 g/mol. The van der Waals surface area contributed by atoms with E-state index in [0.717, 1.165) is 43.9 Å². The molecule has 1 aliphatic rings. The first-order valence-electron chi connectivity index (χ1n) is 7.93. The van der Waals surface area contributed by atoms with Crippen LogP contribution in [0.5, 0.6) is 0 Å². The third kappa shape index (κ3) is 4.72. The fourth-order valence-corrected chi connectivity index (χ4v) is 3.83. The highest BCUT2D eigenvalue weighted by Gasteiger charge is 2.34. The van der Waals surface area contributed by atoms with Gasteiger partial charge in [-0.3, -0.25) is 14.9 Å². The fourth-order valence-electron chi connectivity index (χ4n) is 2.93. The molecule has 0 aliphatic carbocycles. The van der Waals surface area contributed by atoms with Gasteiger partial charge in [-0.1, -0.05) is 13.3 Å². The number of rotatable bonds is 7. The summed E-state index contributed by atoms with van der Waals surface area (Å²) in [6.45, 7) is 8.09. The monoisotopic (exact) mass is 326 g/mol. The summed E-state index contributed by atoms with van der Waals surface area (Å²) in [6, 6.07) is 0.00306. The van der Waals surface area contributed by atoms with Crippen LogP contribution in [0.25, 0.3) is 0 Å². The lowest BCUT2D eigenvalue weighted by molar-refractivity contribution is 0.308. The van der Waals surface area contributed by atoms with Crippen LogP contribution in [0, 0.1) is 12.8 Å². The Hall–Kier alpha value is -1.05. The molecule has 1 aromatic rings. The maximum Gasteiger partial charge on any atom is 0.211 e. The topological polar surface area (TPSA) is 75.2 Å². The van der Waals surface area contributed by atoms with Gasteiger partial charge in [0.15, 0.2) is 0 Å². The molecule has 7 heteroatoms. The van der Waals surface area contributed by atoms with Gasteiger partial charge in [-0.05, 0) is 26.2 Å². The summed E-state index contributed by atoms with van der Waals surface area (Å²) in [4.78, 5) is 10.9. The molecule has 0 aromatic carbocycles. The zero-order valence-corrected chi connectivity index (χ0v) is 14.4. The second kappa shape index (κ2) is 7.48. The van der Waals surface area contributed by atoms with Crippen molar-refractivity contribution in [3.05, 3.63) is 23.8 Å². The first kappa shape index (κ1) is 17.3. The lowest BCUT2D eigenvalue weighted by Crippen LogP contribution is -2.41. The molecule has 124 valence electrons. The average Bonchev–Trinajstić information content (AvgIpc) is 2.83. The largest absolute Gasteiger partial charge is 0.296 e. The van der Waals surface area contributed by atoms with Gasteiger partial charge in [-0.2, -0.15) is 0 Å². The average molecular weight is 326 g/mol. The Morgan fingerprint density at radius 1 is 1.27 bits per heavy atom. The molecule has 0 unspecified atom stereocenters. The van der Waals surface area contributed by atoms with Gasteiger partial charge in [0.2, 0.25) is 10.0 Å². The highest BCUT2D eigenvalue weighted by atomic mass is 32.2. The third-order valence-corrected chi connectivity index (χ3v) is 5.53. The number of hydrogen-bond donors (Lipinski definition) is 1. The van der Waals surface area contributed by atoms with E-state index >= 15 is 0 Å². The molecule has 22 heavy (non-hydrogen) atoms. The lowest BCUT2D eigenvalue weighted by atomic mass is 9.99. The van der Waals surface area contributed by atoms with Gasteiger partial charge in [0.25, 0.3) is 0 Å². The third-order valence-electron chi connectivity index (χ3n) is 4.11. The zero-order valence-electron chi connectivity index (χ0n) is 13.6. The van der Waals surface area contributed by atoms with Crippen molar-refractivity contribution in [1.29, 1.82) is 0 Å². The first-order chi connectivity index (χ1) is 10.4. The summed E-state index contributed by atoms with van der Waals surface area (Å²) >= 11 is 0. The van der Waals surface area contributed by atoms with E-state index in [4.69, 9.17) is 0 Å². The molecule has 2 atom stereocenters. The Balaban J connectivity index is 2.01. The van der Waals surface area contributed by atoms with Gasteiger partial charge in [0.05, 0.1) is 17.1 Å². The van der Waals surface area contributed by atoms with E-state index in [9.17, 15) is 8.42 Å². The maximum atomic E-state index is 11.9. The molecule has 2 rings (SSSR count). The van der Waals surface area contributed by atoms with Gasteiger partial charge >= 0.3 is 0 Å². The highest BCUT2D eigenvalue weighted by molar-refractivity contribution is 7.89. The van der Waals surface area contributed by atoms with E-state index in [1.54, 1.807) is 19.3 Å². The van der Waals surface area contributed by atoms with Crippen molar-refractivity contribution >= 4 is 10.0 Å².